The minimum atomic E-state index is -0.313. The third-order valence-corrected chi connectivity index (χ3v) is 3.51. The van der Waals surface area contributed by atoms with E-state index < -0.39 is 0 Å². The van der Waals surface area contributed by atoms with Crippen molar-refractivity contribution in [3.05, 3.63) is 54.2 Å². The van der Waals surface area contributed by atoms with E-state index in [2.05, 4.69) is 4.98 Å². The van der Waals surface area contributed by atoms with E-state index in [0.29, 0.717) is 37.7 Å². The Balaban J connectivity index is 1.72. The van der Waals surface area contributed by atoms with E-state index in [-0.39, 0.29) is 11.6 Å². The molecule has 1 saturated heterocycles. The van der Waals surface area contributed by atoms with Crippen LogP contribution in [0.4, 0.5) is 20.3 Å². The smallest absolute Gasteiger partial charge is 0.165 e. The van der Waals surface area contributed by atoms with E-state index >= 15 is 0 Å². The van der Waals surface area contributed by atoms with E-state index in [4.69, 9.17) is 0 Å². The Morgan fingerprint density at radius 2 is 1.45 bits per heavy atom. The average molecular weight is 275 g/mol. The van der Waals surface area contributed by atoms with E-state index in [0.717, 1.165) is 0 Å². The number of anilines is 2. The molecule has 3 rings (SSSR count). The minimum Gasteiger partial charge on any atom is -0.366 e. The van der Waals surface area contributed by atoms with Crippen LogP contribution in [0.1, 0.15) is 0 Å². The summed E-state index contributed by atoms with van der Waals surface area (Å²) in [5.41, 5.74) is 0.605. The fourth-order valence-corrected chi connectivity index (χ4v) is 2.48. The number of piperazine rings is 1. The topological polar surface area (TPSA) is 19.4 Å². The van der Waals surface area contributed by atoms with Gasteiger partial charge in [-0.3, -0.25) is 0 Å². The lowest BCUT2D eigenvalue weighted by atomic mass is 10.2. The van der Waals surface area contributed by atoms with Gasteiger partial charge in [0.15, 0.2) is 11.6 Å². The molecular formula is C15H15F2N3. The van der Waals surface area contributed by atoms with Crippen LogP contribution in [0.2, 0.25) is 0 Å². The van der Waals surface area contributed by atoms with Crippen LogP contribution in [0, 0.1) is 11.6 Å². The molecule has 0 amide bonds. The molecule has 2 aromatic rings. The summed E-state index contributed by atoms with van der Waals surface area (Å²) >= 11 is 0. The molecule has 1 aromatic heterocycles. The van der Waals surface area contributed by atoms with Gasteiger partial charge in [0.2, 0.25) is 0 Å². The Kier molecular flexibility index (Phi) is 3.50. The van der Waals surface area contributed by atoms with Crippen LogP contribution in [-0.2, 0) is 0 Å². The largest absolute Gasteiger partial charge is 0.366 e. The Hall–Kier alpha value is -2.17. The molecule has 104 valence electrons. The molecule has 3 nitrogen and oxygen atoms in total. The van der Waals surface area contributed by atoms with Gasteiger partial charge in [0.05, 0.1) is 5.69 Å². The fourth-order valence-electron chi connectivity index (χ4n) is 2.48. The van der Waals surface area contributed by atoms with Crippen molar-refractivity contribution in [1.29, 1.82) is 0 Å². The zero-order valence-electron chi connectivity index (χ0n) is 11.0. The average Bonchev–Trinajstić information content (AvgIpc) is 2.49. The number of aromatic nitrogens is 1. The number of halogens is 2. The van der Waals surface area contributed by atoms with Gasteiger partial charge in [-0.1, -0.05) is 12.1 Å². The van der Waals surface area contributed by atoms with Gasteiger partial charge in [-0.15, -0.1) is 0 Å². The molecule has 0 atom stereocenters. The van der Waals surface area contributed by atoms with Gasteiger partial charge in [0, 0.05) is 32.4 Å². The highest BCUT2D eigenvalue weighted by Gasteiger charge is 2.21. The molecule has 0 unspecified atom stereocenters. The lowest BCUT2D eigenvalue weighted by Crippen LogP contribution is -2.47. The number of hydrogen-bond donors (Lipinski definition) is 0. The van der Waals surface area contributed by atoms with Crippen LogP contribution in [0.25, 0.3) is 0 Å². The van der Waals surface area contributed by atoms with E-state index in [1.165, 1.54) is 12.1 Å². The molecule has 5 heteroatoms. The minimum absolute atomic E-state index is 0.218. The van der Waals surface area contributed by atoms with Crippen molar-refractivity contribution >= 4 is 11.5 Å². The van der Waals surface area contributed by atoms with Gasteiger partial charge in [-0.05, 0) is 24.3 Å². The van der Waals surface area contributed by atoms with Gasteiger partial charge in [-0.2, -0.15) is 0 Å². The van der Waals surface area contributed by atoms with Crippen LogP contribution < -0.4 is 9.80 Å². The van der Waals surface area contributed by atoms with E-state index in [9.17, 15) is 8.78 Å². The van der Waals surface area contributed by atoms with Crippen LogP contribution in [0.5, 0.6) is 0 Å². The molecule has 1 fully saturated rings. The summed E-state index contributed by atoms with van der Waals surface area (Å²) in [5.74, 6) is -0.155. The predicted molar refractivity (Wildman–Crippen MR) is 75.0 cm³/mol. The molecule has 0 radical (unpaired) electrons. The Morgan fingerprint density at radius 3 is 2.15 bits per heavy atom. The number of rotatable bonds is 2. The summed E-state index contributed by atoms with van der Waals surface area (Å²) in [6.07, 6.45) is 1.58. The van der Waals surface area contributed by atoms with Crippen molar-refractivity contribution in [2.24, 2.45) is 0 Å². The second kappa shape index (κ2) is 5.45. The van der Waals surface area contributed by atoms with Crippen LogP contribution in [0.3, 0.4) is 0 Å². The third kappa shape index (κ3) is 2.43. The highest BCUT2D eigenvalue weighted by Crippen LogP contribution is 2.22. The zero-order valence-corrected chi connectivity index (χ0v) is 11.0. The Morgan fingerprint density at radius 1 is 0.800 bits per heavy atom. The van der Waals surface area contributed by atoms with Crippen molar-refractivity contribution in [1.82, 2.24) is 4.98 Å². The first-order valence-corrected chi connectivity index (χ1v) is 6.60. The first-order valence-electron chi connectivity index (χ1n) is 6.60. The molecule has 0 saturated carbocycles. The van der Waals surface area contributed by atoms with Gasteiger partial charge < -0.3 is 9.80 Å². The molecule has 0 N–H and O–H groups in total. The van der Waals surface area contributed by atoms with E-state index in [1.807, 2.05) is 15.9 Å². The van der Waals surface area contributed by atoms with Crippen molar-refractivity contribution in [3.8, 4) is 0 Å². The lowest BCUT2D eigenvalue weighted by molar-refractivity contribution is 0.576. The van der Waals surface area contributed by atoms with Crippen molar-refractivity contribution < 1.29 is 8.78 Å². The fraction of sp³-hybridized carbons (Fsp3) is 0.267. The van der Waals surface area contributed by atoms with Gasteiger partial charge in [0.25, 0.3) is 0 Å². The Labute approximate surface area is 116 Å². The summed E-state index contributed by atoms with van der Waals surface area (Å²) in [6, 6.07) is 9.72. The van der Waals surface area contributed by atoms with Gasteiger partial charge in [-0.25, -0.2) is 13.8 Å². The van der Waals surface area contributed by atoms with Crippen LogP contribution in [-0.4, -0.2) is 31.2 Å². The highest BCUT2D eigenvalue weighted by atomic mass is 19.1. The van der Waals surface area contributed by atoms with Crippen molar-refractivity contribution in [2.75, 3.05) is 36.0 Å². The molecule has 1 aliphatic heterocycles. The summed E-state index contributed by atoms with van der Waals surface area (Å²) in [7, 11) is 0. The van der Waals surface area contributed by atoms with Crippen molar-refractivity contribution in [3.63, 3.8) is 0 Å². The molecule has 1 aromatic carbocycles. The molecule has 1 aliphatic rings. The van der Waals surface area contributed by atoms with Gasteiger partial charge in [0.1, 0.15) is 5.82 Å². The van der Waals surface area contributed by atoms with Crippen molar-refractivity contribution in [2.45, 2.75) is 0 Å². The van der Waals surface area contributed by atoms with Gasteiger partial charge >= 0.3 is 0 Å². The maximum absolute atomic E-state index is 13.7. The molecule has 0 spiro atoms. The molecular weight excluding hydrogens is 260 g/mol. The normalized spacial score (nSPS) is 15.5. The number of pyridine rings is 1. The second-order valence-corrected chi connectivity index (χ2v) is 4.73. The third-order valence-electron chi connectivity index (χ3n) is 3.51. The number of hydrogen-bond acceptors (Lipinski definition) is 3. The number of benzene rings is 1. The standard InChI is InChI=1S/C15H15F2N3/c16-12-4-1-2-6-14(12)19-8-10-20(11-9-19)15-13(17)5-3-7-18-15/h1-7H,8-11H2. The molecule has 0 aliphatic carbocycles. The second-order valence-electron chi connectivity index (χ2n) is 4.73. The summed E-state index contributed by atoms with van der Waals surface area (Å²) < 4.78 is 27.4. The highest BCUT2D eigenvalue weighted by molar-refractivity contribution is 5.50. The quantitative estimate of drug-likeness (QED) is 0.840. The number of para-hydroxylation sites is 1. The molecule has 2 heterocycles. The lowest BCUT2D eigenvalue weighted by Gasteiger charge is -2.36. The molecule has 0 bridgehead atoms. The maximum Gasteiger partial charge on any atom is 0.165 e. The maximum atomic E-state index is 13.7. The number of nitrogens with zero attached hydrogens (tertiary/aromatic N) is 3. The SMILES string of the molecule is Fc1ccccc1N1CCN(c2ncccc2F)CC1. The predicted octanol–water partition coefficient (Wildman–Crippen LogP) is 2.69. The molecule has 20 heavy (non-hydrogen) atoms. The van der Waals surface area contributed by atoms with Crippen LogP contribution >= 0.6 is 0 Å². The summed E-state index contributed by atoms with van der Waals surface area (Å²) in [5, 5.41) is 0. The van der Waals surface area contributed by atoms with Crippen LogP contribution in [0.15, 0.2) is 42.6 Å². The Bertz CT molecular complexity index is 542. The first-order chi connectivity index (χ1) is 9.75. The first kappa shape index (κ1) is 12.8. The van der Waals surface area contributed by atoms with E-state index in [1.54, 1.807) is 24.4 Å². The monoisotopic (exact) mass is 275 g/mol. The summed E-state index contributed by atoms with van der Waals surface area (Å²) in [6.45, 7) is 2.55. The zero-order chi connectivity index (χ0) is 13.9. The summed E-state index contributed by atoms with van der Waals surface area (Å²) in [4.78, 5) is 7.95.